The van der Waals surface area contributed by atoms with Gasteiger partial charge in [0.25, 0.3) is 0 Å². The molecule has 0 aliphatic carbocycles. The molecule has 2 heteroatoms. The standard InChI is InChI=1S/C21H23NO/c1-2-13-22-14-11-16(12-15-22)21-17-7-3-5-9-19(17)23-20-10-6-4-8-18(20)21/h2-10,16,21H,1,11-15H2. The normalized spacial score (nSPS) is 18.8. The summed E-state index contributed by atoms with van der Waals surface area (Å²) in [6, 6.07) is 17.1. The Kier molecular flexibility index (Phi) is 3.92. The summed E-state index contributed by atoms with van der Waals surface area (Å²) in [5.74, 6) is 3.21. The van der Waals surface area contributed by atoms with E-state index < -0.39 is 0 Å². The molecule has 2 aromatic rings. The van der Waals surface area contributed by atoms with Gasteiger partial charge in [-0.3, -0.25) is 4.90 Å². The van der Waals surface area contributed by atoms with Gasteiger partial charge in [0.05, 0.1) is 0 Å². The molecule has 0 bridgehead atoms. The van der Waals surface area contributed by atoms with Crippen molar-refractivity contribution in [3.63, 3.8) is 0 Å². The number of hydrogen-bond donors (Lipinski definition) is 0. The number of hydrogen-bond acceptors (Lipinski definition) is 2. The van der Waals surface area contributed by atoms with Crippen LogP contribution >= 0.6 is 0 Å². The van der Waals surface area contributed by atoms with E-state index in [0.717, 1.165) is 18.0 Å². The van der Waals surface area contributed by atoms with Crippen LogP contribution in [0.4, 0.5) is 0 Å². The van der Waals surface area contributed by atoms with Crippen LogP contribution in [-0.4, -0.2) is 24.5 Å². The average molecular weight is 305 g/mol. The zero-order valence-electron chi connectivity index (χ0n) is 13.4. The Bertz CT molecular complexity index is 655. The molecule has 1 fully saturated rings. The van der Waals surface area contributed by atoms with Gasteiger partial charge in [0.1, 0.15) is 11.5 Å². The van der Waals surface area contributed by atoms with Gasteiger partial charge in [0.15, 0.2) is 0 Å². The largest absolute Gasteiger partial charge is 0.457 e. The highest BCUT2D eigenvalue weighted by atomic mass is 16.5. The highest BCUT2D eigenvalue weighted by molar-refractivity contribution is 5.53. The lowest BCUT2D eigenvalue weighted by Gasteiger charge is -2.38. The Labute approximate surface area is 138 Å². The first kappa shape index (κ1) is 14.5. The van der Waals surface area contributed by atoms with E-state index in [1.54, 1.807) is 0 Å². The molecule has 118 valence electrons. The first-order valence-electron chi connectivity index (χ1n) is 8.56. The fourth-order valence-electron chi connectivity index (χ4n) is 4.11. The monoisotopic (exact) mass is 305 g/mol. The molecule has 2 aromatic carbocycles. The van der Waals surface area contributed by atoms with Gasteiger partial charge < -0.3 is 4.74 Å². The zero-order valence-corrected chi connectivity index (χ0v) is 13.4. The van der Waals surface area contributed by atoms with Crippen molar-refractivity contribution >= 4 is 0 Å². The van der Waals surface area contributed by atoms with Crippen LogP contribution in [0, 0.1) is 5.92 Å². The van der Waals surface area contributed by atoms with E-state index in [0.29, 0.717) is 11.8 Å². The second-order valence-electron chi connectivity index (χ2n) is 6.58. The van der Waals surface area contributed by atoms with E-state index >= 15 is 0 Å². The molecule has 2 aliphatic heterocycles. The predicted molar refractivity (Wildman–Crippen MR) is 94.2 cm³/mol. The minimum atomic E-state index is 0.460. The van der Waals surface area contributed by atoms with E-state index in [2.05, 4.69) is 60.0 Å². The quantitative estimate of drug-likeness (QED) is 0.754. The average Bonchev–Trinajstić information content (AvgIpc) is 2.61. The van der Waals surface area contributed by atoms with Gasteiger partial charge in [0.2, 0.25) is 0 Å². The van der Waals surface area contributed by atoms with E-state index in [1.165, 1.54) is 37.1 Å². The summed E-state index contributed by atoms with van der Waals surface area (Å²) in [6.45, 7) is 7.20. The Morgan fingerprint density at radius 2 is 1.52 bits per heavy atom. The molecule has 2 heterocycles. The number of ether oxygens (including phenoxy) is 1. The van der Waals surface area contributed by atoms with E-state index in [4.69, 9.17) is 4.74 Å². The highest BCUT2D eigenvalue weighted by Crippen LogP contribution is 2.49. The number of piperidine rings is 1. The van der Waals surface area contributed by atoms with Crippen molar-refractivity contribution in [2.45, 2.75) is 18.8 Å². The smallest absolute Gasteiger partial charge is 0.131 e. The summed E-state index contributed by atoms with van der Waals surface area (Å²) < 4.78 is 6.13. The first-order valence-corrected chi connectivity index (χ1v) is 8.56. The lowest BCUT2D eigenvalue weighted by atomic mass is 9.74. The summed E-state index contributed by atoms with van der Waals surface area (Å²) >= 11 is 0. The minimum Gasteiger partial charge on any atom is -0.457 e. The Morgan fingerprint density at radius 1 is 0.957 bits per heavy atom. The van der Waals surface area contributed by atoms with Crippen LogP contribution < -0.4 is 4.74 Å². The third-order valence-electron chi connectivity index (χ3n) is 5.22. The van der Waals surface area contributed by atoms with Crippen LogP contribution in [0.3, 0.4) is 0 Å². The van der Waals surface area contributed by atoms with Crippen LogP contribution in [0.5, 0.6) is 11.5 Å². The highest BCUT2D eigenvalue weighted by Gasteiger charge is 2.34. The van der Waals surface area contributed by atoms with Crippen molar-refractivity contribution in [2.75, 3.05) is 19.6 Å². The molecule has 1 saturated heterocycles. The molecular formula is C21H23NO. The van der Waals surface area contributed by atoms with Crippen LogP contribution in [0.25, 0.3) is 0 Å². The maximum absolute atomic E-state index is 6.13. The molecule has 2 aliphatic rings. The van der Waals surface area contributed by atoms with Crippen molar-refractivity contribution in [1.29, 1.82) is 0 Å². The first-order chi connectivity index (χ1) is 11.4. The topological polar surface area (TPSA) is 12.5 Å². The predicted octanol–water partition coefficient (Wildman–Crippen LogP) is 4.82. The molecule has 0 aromatic heterocycles. The number of likely N-dealkylation sites (tertiary alicyclic amines) is 1. The summed E-state index contributed by atoms with van der Waals surface area (Å²) in [7, 11) is 0. The van der Waals surface area contributed by atoms with Gasteiger partial charge in [-0.1, -0.05) is 42.5 Å². The molecule has 0 N–H and O–H groups in total. The molecule has 4 rings (SSSR count). The van der Waals surface area contributed by atoms with Crippen LogP contribution in [0.2, 0.25) is 0 Å². The molecule has 0 radical (unpaired) electrons. The Morgan fingerprint density at radius 3 is 2.09 bits per heavy atom. The summed E-state index contributed by atoms with van der Waals surface area (Å²) in [5.41, 5.74) is 2.71. The number of para-hydroxylation sites is 2. The fourth-order valence-corrected chi connectivity index (χ4v) is 4.11. The molecular weight excluding hydrogens is 282 g/mol. The molecule has 23 heavy (non-hydrogen) atoms. The van der Waals surface area contributed by atoms with E-state index in [-0.39, 0.29) is 0 Å². The fraction of sp³-hybridized carbons (Fsp3) is 0.333. The van der Waals surface area contributed by atoms with Gasteiger partial charge in [0, 0.05) is 23.6 Å². The minimum absolute atomic E-state index is 0.460. The lowest BCUT2D eigenvalue weighted by Crippen LogP contribution is -2.36. The van der Waals surface area contributed by atoms with Gasteiger partial charge >= 0.3 is 0 Å². The van der Waals surface area contributed by atoms with Crippen molar-refractivity contribution in [1.82, 2.24) is 4.90 Å². The van der Waals surface area contributed by atoms with Crippen molar-refractivity contribution < 1.29 is 4.74 Å². The number of rotatable bonds is 3. The molecule has 0 atom stereocenters. The molecule has 0 amide bonds. The third kappa shape index (κ3) is 2.68. The van der Waals surface area contributed by atoms with Crippen molar-refractivity contribution in [3.8, 4) is 11.5 Å². The van der Waals surface area contributed by atoms with Crippen LogP contribution in [0.1, 0.15) is 29.9 Å². The SMILES string of the molecule is C=CCN1CCC(C2c3ccccc3Oc3ccccc32)CC1. The molecule has 0 spiro atoms. The van der Waals surface area contributed by atoms with Gasteiger partial charge in [-0.15, -0.1) is 6.58 Å². The third-order valence-corrected chi connectivity index (χ3v) is 5.22. The van der Waals surface area contributed by atoms with E-state index in [1.807, 2.05) is 6.08 Å². The van der Waals surface area contributed by atoms with Gasteiger partial charge in [-0.25, -0.2) is 0 Å². The second kappa shape index (κ2) is 6.21. The van der Waals surface area contributed by atoms with Crippen LogP contribution in [0.15, 0.2) is 61.2 Å². The van der Waals surface area contributed by atoms with Crippen LogP contribution in [-0.2, 0) is 0 Å². The summed E-state index contributed by atoms with van der Waals surface area (Å²) in [4.78, 5) is 2.50. The molecule has 0 saturated carbocycles. The van der Waals surface area contributed by atoms with Crippen molar-refractivity contribution in [2.24, 2.45) is 5.92 Å². The Balaban J connectivity index is 1.67. The summed E-state index contributed by atoms with van der Waals surface area (Å²) in [6.07, 6.45) is 4.49. The maximum Gasteiger partial charge on any atom is 0.131 e. The number of benzene rings is 2. The summed E-state index contributed by atoms with van der Waals surface area (Å²) in [5, 5.41) is 0. The zero-order chi connectivity index (χ0) is 15.6. The van der Waals surface area contributed by atoms with Gasteiger partial charge in [-0.05, 0) is 44.0 Å². The van der Waals surface area contributed by atoms with Crippen molar-refractivity contribution in [3.05, 3.63) is 72.3 Å². The number of nitrogens with zero attached hydrogens (tertiary/aromatic N) is 1. The van der Waals surface area contributed by atoms with E-state index in [9.17, 15) is 0 Å². The molecule has 0 unspecified atom stereocenters. The Hall–Kier alpha value is -2.06. The maximum atomic E-state index is 6.13. The van der Waals surface area contributed by atoms with Gasteiger partial charge in [-0.2, -0.15) is 0 Å². The molecule has 2 nitrogen and oxygen atoms in total. The number of fused-ring (bicyclic) bond motifs is 2. The lowest BCUT2D eigenvalue weighted by molar-refractivity contribution is 0.187. The second-order valence-corrected chi connectivity index (χ2v) is 6.58.